The average Bonchev–Trinajstić information content (AvgIpc) is 2.79. The summed E-state index contributed by atoms with van der Waals surface area (Å²) in [6, 6.07) is 20.0. The lowest BCUT2D eigenvalue weighted by Gasteiger charge is -2.24. The molecule has 3 aromatic carbocycles. The minimum Gasteiger partial charge on any atom is -0.354 e. The van der Waals surface area contributed by atoms with E-state index in [0.717, 1.165) is 20.5 Å². The Balaban J connectivity index is 1.65. The van der Waals surface area contributed by atoms with Crippen molar-refractivity contribution in [2.24, 2.45) is 0 Å². The molecule has 0 fully saturated rings. The van der Waals surface area contributed by atoms with E-state index in [1.807, 2.05) is 13.8 Å². The molecule has 0 unspecified atom stereocenters. The van der Waals surface area contributed by atoms with Crippen LogP contribution in [-0.4, -0.2) is 33.2 Å². The molecule has 0 radical (unpaired) electrons. The van der Waals surface area contributed by atoms with E-state index in [0.29, 0.717) is 13.0 Å². The van der Waals surface area contributed by atoms with Crippen molar-refractivity contribution in [3.8, 4) is 0 Å². The fourth-order valence-electron chi connectivity index (χ4n) is 3.10. The van der Waals surface area contributed by atoms with E-state index in [-0.39, 0.29) is 10.6 Å². The number of sulfonamides is 1. The molecule has 1 N–H and O–H groups in total. The van der Waals surface area contributed by atoms with Crippen molar-refractivity contribution < 1.29 is 17.6 Å². The number of hydrogen-bond donors (Lipinski definition) is 1. The van der Waals surface area contributed by atoms with Gasteiger partial charge in [0.1, 0.15) is 12.4 Å². The fourth-order valence-corrected chi connectivity index (χ4v) is 5.38. The molecule has 0 atom stereocenters. The van der Waals surface area contributed by atoms with Crippen LogP contribution < -0.4 is 9.62 Å². The summed E-state index contributed by atoms with van der Waals surface area (Å²) in [6.45, 7) is 3.76. The van der Waals surface area contributed by atoms with Gasteiger partial charge in [-0.1, -0.05) is 47.5 Å². The lowest BCUT2D eigenvalue weighted by atomic mass is 10.2. The first-order valence-electron chi connectivity index (χ1n) is 10.6. The minimum absolute atomic E-state index is 0.00125. The zero-order valence-corrected chi connectivity index (χ0v) is 20.3. The number of nitrogens with one attached hydrogen (secondary N) is 1. The topological polar surface area (TPSA) is 66.5 Å². The lowest BCUT2D eigenvalue weighted by Crippen LogP contribution is -2.41. The summed E-state index contributed by atoms with van der Waals surface area (Å²) in [4.78, 5) is 13.7. The van der Waals surface area contributed by atoms with Gasteiger partial charge in [0.25, 0.3) is 10.0 Å². The first-order chi connectivity index (χ1) is 15.8. The van der Waals surface area contributed by atoms with Crippen molar-refractivity contribution in [2.75, 3.05) is 23.1 Å². The van der Waals surface area contributed by atoms with E-state index in [2.05, 4.69) is 29.6 Å². The van der Waals surface area contributed by atoms with Crippen LogP contribution in [0.5, 0.6) is 0 Å². The number of hydrogen-bond acceptors (Lipinski definition) is 4. The molecule has 0 aliphatic rings. The molecule has 3 aromatic rings. The number of anilines is 1. The van der Waals surface area contributed by atoms with Crippen LogP contribution in [0.1, 0.15) is 17.5 Å². The number of benzene rings is 3. The molecular formula is C25H27FN2O3S2. The summed E-state index contributed by atoms with van der Waals surface area (Å²) in [5, 5.41) is 2.75. The van der Waals surface area contributed by atoms with Gasteiger partial charge < -0.3 is 5.32 Å². The largest absolute Gasteiger partial charge is 0.354 e. The highest BCUT2D eigenvalue weighted by Crippen LogP contribution is 2.26. The van der Waals surface area contributed by atoms with Gasteiger partial charge in [0, 0.05) is 11.4 Å². The lowest BCUT2D eigenvalue weighted by molar-refractivity contribution is -0.119. The van der Waals surface area contributed by atoms with Crippen LogP contribution in [-0.2, 0) is 14.8 Å². The number of aryl methyl sites for hydroxylation is 2. The van der Waals surface area contributed by atoms with Gasteiger partial charge in [-0.05, 0) is 62.4 Å². The number of para-hydroxylation sites is 1. The van der Waals surface area contributed by atoms with Crippen molar-refractivity contribution in [1.82, 2.24) is 5.32 Å². The number of thioether (sulfide) groups is 1. The third-order valence-electron chi connectivity index (χ3n) is 4.95. The van der Waals surface area contributed by atoms with E-state index in [9.17, 15) is 17.6 Å². The summed E-state index contributed by atoms with van der Waals surface area (Å²) in [5.41, 5.74) is 1.93. The third kappa shape index (κ3) is 6.82. The maximum atomic E-state index is 14.5. The van der Waals surface area contributed by atoms with Crippen LogP contribution in [0.2, 0.25) is 0 Å². The first kappa shape index (κ1) is 24.8. The predicted octanol–water partition coefficient (Wildman–Crippen LogP) is 4.94. The molecule has 174 valence electrons. The Morgan fingerprint density at radius 2 is 1.55 bits per heavy atom. The highest BCUT2D eigenvalue weighted by Gasteiger charge is 2.29. The Hall–Kier alpha value is -2.84. The third-order valence-corrected chi connectivity index (χ3v) is 7.82. The Morgan fingerprint density at radius 1 is 0.939 bits per heavy atom. The van der Waals surface area contributed by atoms with E-state index < -0.39 is 28.3 Å². The monoisotopic (exact) mass is 486 g/mol. The maximum Gasteiger partial charge on any atom is 0.264 e. The molecule has 0 aliphatic heterocycles. The van der Waals surface area contributed by atoms with Crippen LogP contribution in [0.15, 0.2) is 82.6 Å². The van der Waals surface area contributed by atoms with Crippen molar-refractivity contribution in [3.05, 3.63) is 89.7 Å². The van der Waals surface area contributed by atoms with Gasteiger partial charge in [-0.3, -0.25) is 9.10 Å². The Morgan fingerprint density at radius 3 is 2.18 bits per heavy atom. The van der Waals surface area contributed by atoms with Gasteiger partial charge in [0.05, 0.1) is 10.6 Å². The highest BCUT2D eigenvalue weighted by atomic mass is 32.2. The van der Waals surface area contributed by atoms with Crippen LogP contribution >= 0.6 is 11.8 Å². The predicted molar refractivity (Wildman–Crippen MR) is 132 cm³/mol. The molecule has 0 spiro atoms. The zero-order valence-electron chi connectivity index (χ0n) is 18.6. The summed E-state index contributed by atoms with van der Waals surface area (Å²) >= 11 is 1.69. The molecule has 0 aromatic heterocycles. The first-order valence-corrected chi connectivity index (χ1v) is 13.0. The zero-order chi connectivity index (χ0) is 23.8. The normalized spacial score (nSPS) is 11.2. The van der Waals surface area contributed by atoms with Crippen LogP contribution in [0.3, 0.4) is 0 Å². The molecule has 0 aliphatic carbocycles. The van der Waals surface area contributed by atoms with Gasteiger partial charge in [-0.2, -0.15) is 0 Å². The second-order valence-electron chi connectivity index (χ2n) is 7.64. The molecule has 3 rings (SSSR count). The molecule has 0 saturated carbocycles. The van der Waals surface area contributed by atoms with Crippen molar-refractivity contribution in [2.45, 2.75) is 30.1 Å². The number of carbonyl (C=O) groups excluding carboxylic acids is 1. The SMILES string of the molecule is Cc1ccc(SCCCNC(=O)CN(c2ccccc2F)S(=O)(=O)c2ccc(C)cc2)cc1. The van der Waals surface area contributed by atoms with Crippen molar-refractivity contribution >= 4 is 33.4 Å². The summed E-state index contributed by atoms with van der Waals surface area (Å²) in [5.74, 6) is -0.396. The second kappa shape index (κ2) is 11.3. The Labute approximate surface area is 199 Å². The van der Waals surface area contributed by atoms with Crippen LogP contribution in [0, 0.1) is 19.7 Å². The number of amides is 1. The quantitative estimate of drug-likeness (QED) is 0.326. The summed E-state index contributed by atoms with van der Waals surface area (Å²) in [6.07, 6.45) is 0.717. The molecule has 0 bridgehead atoms. The van der Waals surface area contributed by atoms with E-state index in [1.54, 1.807) is 23.9 Å². The summed E-state index contributed by atoms with van der Waals surface area (Å²) in [7, 11) is -4.13. The molecule has 33 heavy (non-hydrogen) atoms. The van der Waals surface area contributed by atoms with Crippen LogP contribution in [0.4, 0.5) is 10.1 Å². The molecule has 8 heteroatoms. The van der Waals surface area contributed by atoms with E-state index >= 15 is 0 Å². The standard InChI is InChI=1S/C25H27FN2O3S2/c1-19-8-12-21(13-9-19)32-17-5-16-27-25(29)18-28(24-7-4-3-6-23(24)26)33(30,31)22-14-10-20(2)11-15-22/h3-4,6-15H,5,16-18H2,1-2H3,(H,27,29). The van der Waals surface area contributed by atoms with Gasteiger partial charge in [-0.15, -0.1) is 11.8 Å². The Bertz CT molecular complexity index is 1180. The van der Waals surface area contributed by atoms with Crippen molar-refractivity contribution in [3.63, 3.8) is 0 Å². The van der Waals surface area contributed by atoms with Crippen molar-refractivity contribution in [1.29, 1.82) is 0 Å². The molecule has 0 heterocycles. The average molecular weight is 487 g/mol. The molecule has 0 saturated heterocycles. The molecular weight excluding hydrogens is 459 g/mol. The second-order valence-corrected chi connectivity index (χ2v) is 10.7. The number of halogens is 1. The van der Waals surface area contributed by atoms with Gasteiger partial charge in [0.15, 0.2) is 0 Å². The molecule has 5 nitrogen and oxygen atoms in total. The smallest absolute Gasteiger partial charge is 0.264 e. The fraction of sp³-hybridized carbons (Fsp3) is 0.240. The maximum absolute atomic E-state index is 14.5. The van der Waals surface area contributed by atoms with Gasteiger partial charge >= 0.3 is 0 Å². The van der Waals surface area contributed by atoms with E-state index in [1.165, 1.54) is 42.0 Å². The highest BCUT2D eigenvalue weighted by molar-refractivity contribution is 7.99. The Kier molecular flexibility index (Phi) is 8.52. The van der Waals surface area contributed by atoms with Crippen LogP contribution in [0.25, 0.3) is 0 Å². The minimum atomic E-state index is -4.13. The summed E-state index contributed by atoms with van der Waals surface area (Å²) < 4.78 is 41.9. The number of carbonyl (C=O) groups is 1. The molecule has 1 amide bonds. The van der Waals surface area contributed by atoms with E-state index in [4.69, 9.17) is 0 Å². The number of nitrogens with zero attached hydrogens (tertiary/aromatic N) is 1. The van der Waals surface area contributed by atoms with Gasteiger partial charge in [-0.25, -0.2) is 12.8 Å². The number of rotatable bonds is 10. The van der Waals surface area contributed by atoms with Gasteiger partial charge in [0.2, 0.25) is 5.91 Å².